The van der Waals surface area contributed by atoms with Crippen LogP contribution >= 0.6 is 0 Å². The van der Waals surface area contributed by atoms with Crippen molar-refractivity contribution < 1.29 is 14.7 Å². The highest BCUT2D eigenvalue weighted by molar-refractivity contribution is 6.05. The molecule has 2 saturated carbocycles. The van der Waals surface area contributed by atoms with Gasteiger partial charge < -0.3 is 5.11 Å². The van der Waals surface area contributed by atoms with Gasteiger partial charge in [-0.05, 0) is 43.9 Å². The van der Waals surface area contributed by atoms with E-state index in [1.54, 1.807) is 0 Å². The molecular weight excluding hydrogens is 254 g/mol. The van der Waals surface area contributed by atoms with Crippen LogP contribution in [0.3, 0.4) is 0 Å². The van der Waals surface area contributed by atoms with Gasteiger partial charge in [-0.25, -0.2) is 0 Å². The van der Waals surface area contributed by atoms with E-state index in [1.807, 2.05) is 0 Å². The summed E-state index contributed by atoms with van der Waals surface area (Å²) in [5.41, 5.74) is 0. The number of likely N-dealkylation sites (tertiary alicyclic amines) is 1. The molecule has 4 atom stereocenters. The molecule has 2 aliphatic carbocycles. The van der Waals surface area contributed by atoms with E-state index in [4.69, 9.17) is 0 Å². The van der Waals surface area contributed by atoms with Crippen LogP contribution in [0.25, 0.3) is 0 Å². The van der Waals surface area contributed by atoms with Gasteiger partial charge in [0, 0.05) is 6.54 Å². The summed E-state index contributed by atoms with van der Waals surface area (Å²) >= 11 is 0. The van der Waals surface area contributed by atoms with Crippen LogP contribution in [0, 0.1) is 23.7 Å². The van der Waals surface area contributed by atoms with Gasteiger partial charge in [0.1, 0.15) is 0 Å². The Hall–Kier alpha value is -0.900. The zero-order valence-corrected chi connectivity index (χ0v) is 12.3. The molecule has 4 nitrogen and oxygen atoms in total. The molecule has 3 rings (SSSR count). The van der Waals surface area contributed by atoms with Gasteiger partial charge in [0.15, 0.2) is 0 Å². The van der Waals surface area contributed by atoms with Crippen molar-refractivity contribution in [2.75, 3.05) is 6.54 Å². The molecule has 0 spiro atoms. The maximum Gasteiger partial charge on any atom is 0.233 e. The molecule has 4 unspecified atom stereocenters. The summed E-state index contributed by atoms with van der Waals surface area (Å²) in [4.78, 5) is 26.3. The third-order valence-electron chi connectivity index (χ3n) is 5.75. The normalized spacial score (nSPS) is 40.7. The van der Waals surface area contributed by atoms with Crippen molar-refractivity contribution in [3.05, 3.63) is 0 Å². The molecule has 1 N–H and O–H groups in total. The highest BCUT2D eigenvalue weighted by Gasteiger charge is 2.52. The standard InChI is InChI=1S/C16H25NO3/c1-2-10-8-12-13(9-10)16(20)17(15(12)19)7-6-11-4-3-5-14(11)18/h10-14,18H,2-9H2,1H3. The van der Waals surface area contributed by atoms with Crippen LogP contribution in [0.4, 0.5) is 0 Å². The number of imide groups is 1. The lowest BCUT2D eigenvalue weighted by Gasteiger charge is -2.21. The van der Waals surface area contributed by atoms with Gasteiger partial charge >= 0.3 is 0 Å². The van der Waals surface area contributed by atoms with E-state index in [0.717, 1.165) is 44.9 Å². The van der Waals surface area contributed by atoms with Gasteiger partial charge in [-0.3, -0.25) is 14.5 Å². The van der Waals surface area contributed by atoms with Crippen molar-refractivity contribution in [2.45, 2.75) is 58.0 Å². The molecule has 0 aromatic carbocycles. The monoisotopic (exact) mass is 279 g/mol. The molecule has 0 bridgehead atoms. The summed E-state index contributed by atoms with van der Waals surface area (Å²) < 4.78 is 0. The second-order valence-corrected chi connectivity index (χ2v) is 6.83. The number of aliphatic hydroxyl groups is 1. The van der Waals surface area contributed by atoms with E-state index in [-0.39, 0.29) is 35.7 Å². The lowest BCUT2D eigenvalue weighted by atomic mass is 10.00. The van der Waals surface area contributed by atoms with Crippen molar-refractivity contribution >= 4 is 11.8 Å². The van der Waals surface area contributed by atoms with Gasteiger partial charge in [-0.15, -0.1) is 0 Å². The molecule has 20 heavy (non-hydrogen) atoms. The average molecular weight is 279 g/mol. The SMILES string of the molecule is CCC1CC2C(=O)N(CCC3CCCC3O)C(=O)C2C1. The third-order valence-corrected chi connectivity index (χ3v) is 5.75. The van der Waals surface area contributed by atoms with Gasteiger partial charge in [0.25, 0.3) is 0 Å². The van der Waals surface area contributed by atoms with Gasteiger partial charge in [-0.1, -0.05) is 19.8 Å². The van der Waals surface area contributed by atoms with E-state index in [1.165, 1.54) is 4.90 Å². The molecule has 1 saturated heterocycles. The molecule has 112 valence electrons. The van der Waals surface area contributed by atoms with Crippen LogP contribution in [-0.2, 0) is 9.59 Å². The maximum atomic E-state index is 12.4. The summed E-state index contributed by atoms with van der Waals surface area (Å²) in [6.45, 7) is 2.66. The number of carbonyl (C=O) groups excluding carboxylic acids is 2. The first-order valence-electron chi connectivity index (χ1n) is 8.15. The lowest BCUT2D eigenvalue weighted by molar-refractivity contribution is -0.140. The zero-order chi connectivity index (χ0) is 14.3. The number of aliphatic hydroxyl groups excluding tert-OH is 1. The third kappa shape index (κ3) is 2.28. The first-order chi connectivity index (χ1) is 9.61. The molecule has 0 radical (unpaired) electrons. The van der Waals surface area contributed by atoms with E-state index in [0.29, 0.717) is 12.5 Å². The highest BCUT2D eigenvalue weighted by atomic mass is 16.3. The molecule has 3 fully saturated rings. The lowest BCUT2D eigenvalue weighted by Crippen LogP contribution is -2.34. The highest BCUT2D eigenvalue weighted by Crippen LogP contribution is 2.44. The summed E-state index contributed by atoms with van der Waals surface area (Å²) in [7, 11) is 0. The summed E-state index contributed by atoms with van der Waals surface area (Å²) in [6, 6.07) is 0. The molecule has 1 heterocycles. The molecule has 0 aromatic heterocycles. The van der Waals surface area contributed by atoms with Crippen LogP contribution in [0.5, 0.6) is 0 Å². The average Bonchev–Trinajstić information content (AvgIpc) is 3.09. The Balaban J connectivity index is 1.59. The van der Waals surface area contributed by atoms with Crippen molar-refractivity contribution in [1.29, 1.82) is 0 Å². The van der Waals surface area contributed by atoms with Crippen LogP contribution < -0.4 is 0 Å². The van der Waals surface area contributed by atoms with Gasteiger partial charge in [-0.2, -0.15) is 0 Å². The Kier molecular flexibility index (Phi) is 3.85. The fourth-order valence-electron chi connectivity index (χ4n) is 4.40. The largest absolute Gasteiger partial charge is 0.393 e. The van der Waals surface area contributed by atoms with Gasteiger partial charge in [0.2, 0.25) is 11.8 Å². The first kappa shape index (κ1) is 14.1. The van der Waals surface area contributed by atoms with Crippen LogP contribution in [0.1, 0.15) is 51.9 Å². The fourth-order valence-corrected chi connectivity index (χ4v) is 4.40. The Morgan fingerprint density at radius 2 is 1.80 bits per heavy atom. The summed E-state index contributed by atoms with van der Waals surface area (Å²) in [5, 5.41) is 9.83. The Labute approximate surface area is 120 Å². The van der Waals surface area contributed by atoms with E-state index < -0.39 is 0 Å². The minimum atomic E-state index is -0.230. The quantitative estimate of drug-likeness (QED) is 0.800. The maximum absolute atomic E-state index is 12.4. The van der Waals surface area contributed by atoms with Crippen LogP contribution in [-0.4, -0.2) is 34.5 Å². The summed E-state index contributed by atoms with van der Waals surface area (Å²) in [5.74, 6) is 0.866. The Morgan fingerprint density at radius 1 is 1.15 bits per heavy atom. The predicted octanol–water partition coefficient (Wildman–Crippen LogP) is 1.96. The van der Waals surface area contributed by atoms with Crippen LogP contribution in [0.2, 0.25) is 0 Å². The molecular formula is C16H25NO3. The number of amides is 2. The molecule has 3 aliphatic rings. The Morgan fingerprint density at radius 3 is 2.30 bits per heavy atom. The smallest absolute Gasteiger partial charge is 0.233 e. The summed E-state index contributed by atoms with van der Waals surface area (Å²) in [6.07, 6.45) is 6.38. The van der Waals surface area contributed by atoms with E-state index >= 15 is 0 Å². The second-order valence-electron chi connectivity index (χ2n) is 6.83. The molecule has 1 aliphatic heterocycles. The van der Waals surface area contributed by atoms with Crippen molar-refractivity contribution in [2.24, 2.45) is 23.7 Å². The van der Waals surface area contributed by atoms with Crippen molar-refractivity contribution in [3.8, 4) is 0 Å². The minimum absolute atomic E-state index is 0.0408. The van der Waals surface area contributed by atoms with Gasteiger partial charge in [0.05, 0.1) is 17.9 Å². The van der Waals surface area contributed by atoms with E-state index in [9.17, 15) is 14.7 Å². The molecule has 0 aromatic rings. The number of rotatable bonds is 4. The minimum Gasteiger partial charge on any atom is -0.393 e. The van der Waals surface area contributed by atoms with Crippen LogP contribution in [0.15, 0.2) is 0 Å². The number of hydrogen-bond acceptors (Lipinski definition) is 3. The van der Waals surface area contributed by atoms with Crippen molar-refractivity contribution in [1.82, 2.24) is 4.90 Å². The Bertz CT molecular complexity index is 385. The first-order valence-corrected chi connectivity index (χ1v) is 8.15. The second kappa shape index (κ2) is 5.47. The topological polar surface area (TPSA) is 57.6 Å². The van der Waals surface area contributed by atoms with E-state index in [2.05, 4.69) is 6.92 Å². The number of carbonyl (C=O) groups is 2. The molecule has 2 amide bonds. The molecule has 4 heteroatoms. The predicted molar refractivity (Wildman–Crippen MR) is 74.7 cm³/mol. The number of fused-ring (bicyclic) bond motifs is 1. The number of nitrogens with zero attached hydrogens (tertiary/aromatic N) is 1. The zero-order valence-electron chi connectivity index (χ0n) is 12.3. The van der Waals surface area contributed by atoms with Crippen molar-refractivity contribution in [3.63, 3.8) is 0 Å². The fraction of sp³-hybridized carbons (Fsp3) is 0.875. The number of hydrogen-bond donors (Lipinski definition) is 1.